The second kappa shape index (κ2) is 9.15. The first-order valence-electron chi connectivity index (χ1n) is 9.21. The number of benzene rings is 2. The lowest BCUT2D eigenvalue weighted by atomic mass is 10.1. The van der Waals surface area contributed by atoms with Gasteiger partial charge in [-0.1, -0.05) is 22.9 Å². The molecule has 1 aliphatic heterocycles. The highest BCUT2D eigenvalue weighted by Gasteiger charge is 2.27. The Hall–Kier alpha value is -2.10. The van der Waals surface area contributed by atoms with Crippen LogP contribution in [-0.2, 0) is 14.8 Å². The first-order chi connectivity index (χ1) is 13.8. The SMILES string of the molecule is CCC1CN(C(=O)c2ccc(OC)c(S(=O)(=O)Nc3ccc(Br)cc3)c2)CCO1. The molecule has 156 valence electrons. The molecule has 0 aliphatic carbocycles. The van der Waals surface area contributed by atoms with Crippen LogP contribution >= 0.6 is 15.9 Å². The van der Waals surface area contributed by atoms with Crippen LogP contribution < -0.4 is 9.46 Å². The van der Waals surface area contributed by atoms with E-state index in [1.54, 1.807) is 35.2 Å². The zero-order valence-corrected chi connectivity index (χ0v) is 18.6. The van der Waals surface area contributed by atoms with E-state index in [9.17, 15) is 13.2 Å². The number of morpholine rings is 1. The second-order valence-corrected chi connectivity index (χ2v) is 9.20. The molecule has 2 aromatic carbocycles. The lowest BCUT2D eigenvalue weighted by Gasteiger charge is -2.32. The van der Waals surface area contributed by atoms with E-state index in [2.05, 4.69) is 20.7 Å². The molecule has 1 heterocycles. The van der Waals surface area contributed by atoms with E-state index in [1.165, 1.54) is 19.2 Å². The monoisotopic (exact) mass is 482 g/mol. The summed E-state index contributed by atoms with van der Waals surface area (Å²) in [6, 6.07) is 11.2. The van der Waals surface area contributed by atoms with E-state index in [0.29, 0.717) is 30.9 Å². The molecule has 1 aliphatic rings. The molecule has 0 saturated carbocycles. The van der Waals surface area contributed by atoms with Crippen LogP contribution in [0.25, 0.3) is 0 Å². The van der Waals surface area contributed by atoms with Crippen molar-refractivity contribution in [1.82, 2.24) is 4.90 Å². The molecule has 2 aromatic rings. The lowest BCUT2D eigenvalue weighted by molar-refractivity contribution is -0.0226. The largest absolute Gasteiger partial charge is 0.495 e. The zero-order chi connectivity index (χ0) is 21.0. The highest BCUT2D eigenvalue weighted by molar-refractivity contribution is 9.10. The van der Waals surface area contributed by atoms with Gasteiger partial charge in [-0.25, -0.2) is 8.42 Å². The van der Waals surface area contributed by atoms with E-state index in [4.69, 9.17) is 9.47 Å². The Labute approximate surface area is 179 Å². The number of halogens is 1. The maximum atomic E-state index is 13.0. The summed E-state index contributed by atoms with van der Waals surface area (Å²) in [4.78, 5) is 14.5. The molecular weight excluding hydrogens is 460 g/mol. The number of hydrogen-bond donors (Lipinski definition) is 1. The first-order valence-corrected chi connectivity index (χ1v) is 11.5. The van der Waals surface area contributed by atoms with E-state index in [-0.39, 0.29) is 22.7 Å². The summed E-state index contributed by atoms with van der Waals surface area (Å²) in [7, 11) is -2.56. The van der Waals surface area contributed by atoms with Crippen molar-refractivity contribution >= 4 is 37.5 Å². The molecule has 3 rings (SSSR count). The minimum atomic E-state index is -3.96. The van der Waals surface area contributed by atoms with Gasteiger partial charge < -0.3 is 14.4 Å². The summed E-state index contributed by atoms with van der Waals surface area (Å²) in [5.74, 6) is -0.0610. The van der Waals surface area contributed by atoms with Crippen molar-refractivity contribution in [2.24, 2.45) is 0 Å². The van der Waals surface area contributed by atoms with E-state index >= 15 is 0 Å². The van der Waals surface area contributed by atoms with Crippen molar-refractivity contribution in [2.45, 2.75) is 24.3 Å². The number of ether oxygens (including phenoxy) is 2. The van der Waals surface area contributed by atoms with Crippen LogP contribution in [0, 0.1) is 0 Å². The van der Waals surface area contributed by atoms with Crippen molar-refractivity contribution in [3.8, 4) is 5.75 Å². The molecule has 0 spiro atoms. The molecule has 1 N–H and O–H groups in total. The molecule has 1 amide bonds. The van der Waals surface area contributed by atoms with Crippen LogP contribution in [0.1, 0.15) is 23.7 Å². The van der Waals surface area contributed by atoms with Gasteiger partial charge in [-0.15, -0.1) is 0 Å². The van der Waals surface area contributed by atoms with Crippen molar-refractivity contribution < 1.29 is 22.7 Å². The molecule has 1 atom stereocenters. The van der Waals surface area contributed by atoms with Gasteiger partial charge >= 0.3 is 0 Å². The summed E-state index contributed by atoms with van der Waals surface area (Å²) in [6.07, 6.45) is 0.802. The molecule has 0 aromatic heterocycles. The highest BCUT2D eigenvalue weighted by Crippen LogP contribution is 2.28. The number of sulfonamides is 1. The fourth-order valence-electron chi connectivity index (χ4n) is 3.08. The molecular formula is C20H23BrN2O5S. The normalized spacial score (nSPS) is 17.1. The summed E-state index contributed by atoms with van der Waals surface area (Å²) >= 11 is 3.32. The van der Waals surface area contributed by atoms with E-state index in [1.807, 2.05) is 6.92 Å². The van der Waals surface area contributed by atoms with Crippen LogP contribution in [0.15, 0.2) is 51.8 Å². The fraction of sp³-hybridized carbons (Fsp3) is 0.350. The van der Waals surface area contributed by atoms with Crippen LogP contribution in [0.2, 0.25) is 0 Å². The Kier molecular flexibility index (Phi) is 6.81. The van der Waals surface area contributed by atoms with Gasteiger partial charge in [0.15, 0.2) is 0 Å². The van der Waals surface area contributed by atoms with Gasteiger partial charge in [-0.05, 0) is 48.9 Å². The summed E-state index contributed by atoms with van der Waals surface area (Å²) < 4.78 is 40.1. The average Bonchev–Trinajstić information content (AvgIpc) is 2.74. The standard InChI is InChI=1S/C20H23BrN2O5S/c1-3-17-13-23(10-11-28-17)20(24)14-4-9-18(27-2)19(12-14)29(25,26)22-16-7-5-15(21)6-8-16/h4-9,12,17,22H,3,10-11,13H2,1-2H3. The van der Waals surface area contributed by atoms with Crippen molar-refractivity contribution in [3.63, 3.8) is 0 Å². The summed E-state index contributed by atoms with van der Waals surface area (Å²) in [5, 5.41) is 0. The zero-order valence-electron chi connectivity index (χ0n) is 16.2. The molecule has 9 heteroatoms. The van der Waals surface area contributed by atoms with Crippen LogP contribution in [-0.4, -0.2) is 52.1 Å². The Morgan fingerprint density at radius 2 is 2.00 bits per heavy atom. The minimum Gasteiger partial charge on any atom is -0.495 e. The van der Waals surface area contributed by atoms with Crippen LogP contribution in [0.4, 0.5) is 5.69 Å². The molecule has 1 fully saturated rings. The second-order valence-electron chi connectivity index (χ2n) is 6.63. The number of carbonyl (C=O) groups is 1. The number of anilines is 1. The highest BCUT2D eigenvalue weighted by atomic mass is 79.9. The predicted octanol–water partition coefficient (Wildman–Crippen LogP) is 3.51. The molecule has 1 saturated heterocycles. The van der Waals surface area contributed by atoms with Gasteiger partial charge in [0.1, 0.15) is 10.6 Å². The number of hydrogen-bond acceptors (Lipinski definition) is 5. The van der Waals surface area contributed by atoms with Crippen LogP contribution in [0.3, 0.4) is 0 Å². The number of amides is 1. The third-order valence-corrected chi connectivity index (χ3v) is 6.61. The molecule has 1 unspecified atom stereocenters. The molecule has 29 heavy (non-hydrogen) atoms. The van der Waals surface area contributed by atoms with Gasteiger partial charge in [0.25, 0.3) is 15.9 Å². The smallest absolute Gasteiger partial charge is 0.265 e. The maximum Gasteiger partial charge on any atom is 0.265 e. The maximum absolute atomic E-state index is 13.0. The molecule has 0 bridgehead atoms. The average molecular weight is 483 g/mol. The van der Waals surface area contributed by atoms with Crippen molar-refractivity contribution in [2.75, 3.05) is 31.5 Å². The van der Waals surface area contributed by atoms with Crippen LogP contribution in [0.5, 0.6) is 5.75 Å². The number of rotatable bonds is 6. The molecule has 0 radical (unpaired) electrons. The van der Waals surface area contributed by atoms with E-state index < -0.39 is 10.0 Å². The number of nitrogens with zero attached hydrogens (tertiary/aromatic N) is 1. The lowest BCUT2D eigenvalue weighted by Crippen LogP contribution is -2.45. The minimum absolute atomic E-state index is 0.00628. The first kappa shape index (κ1) is 21.6. The number of nitrogens with one attached hydrogen (secondary N) is 1. The van der Waals surface area contributed by atoms with Gasteiger partial charge in [0.2, 0.25) is 0 Å². The number of methoxy groups -OCH3 is 1. The third-order valence-electron chi connectivity index (χ3n) is 4.68. The quantitative estimate of drug-likeness (QED) is 0.680. The summed E-state index contributed by atoms with van der Waals surface area (Å²) in [5.41, 5.74) is 0.699. The van der Waals surface area contributed by atoms with Crippen molar-refractivity contribution in [1.29, 1.82) is 0 Å². The fourth-order valence-corrected chi connectivity index (χ4v) is 4.60. The van der Waals surface area contributed by atoms with E-state index in [0.717, 1.165) is 10.9 Å². The van der Waals surface area contributed by atoms with Gasteiger partial charge in [-0.3, -0.25) is 9.52 Å². The Balaban J connectivity index is 1.90. The Morgan fingerprint density at radius 3 is 2.66 bits per heavy atom. The Bertz CT molecular complexity index is 979. The third kappa shape index (κ3) is 5.09. The topological polar surface area (TPSA) is 84.9 Å². The number of carbonyl (C=O) groups excluding carboxylic acids is 1. The molecule has 7 nitrogen and oxygen atoms in total. The Morgan fingerprint density at radius 1 is 1.28 bits per heavy atom. The predicted molar refractivity (Wildman–Crippen MR) is 114 cm³/mol. The van der Waals surface area contributed by atoms with Gasteiger partial charge in [0, 0.05) is 28.8 Å². The van der Waals surface area contributed by atoms with Crippen molar-refractivity contribution in [3.05, 3.63) is 52.5 Å². The summed E-state index contributed by atoms with van der Waals surface area (Å²) in [6.45, 7) is 3.43. The van der Waals surface area contributed by atoms with Gasteiger partial charge in [0.05, 0.1) is 19.8 Å². The van der Waals surface area contributed by atoms with Gasteiger partial charge in [-0.2, -0.15) is 0 Å².